The maximum atomic E-state index is 5.64. The first-order chi connectivity index (χ1) is 8.63. The van der Waals surface area contributed by atoms with E-state index in [1.165, 1.54) is 12.0 Å². The summed E-state index contributed by atoms with van der Waals surface area (Å²) in [5.74, 6) is 2.02. The molecule has 0 heterocycles. The Morgan fingerprint density at radius 3 is 2.44 bits per heavy atom. The van der Waals surface area contributed by atoms with Gasteiger partial charge >= 0.3 is 0 Å². The highest BCUT2D eigenvalue weighted by Gasteiger charge is 2.04. The van der Waals surface area contributed by atoms with Crippen molar-refractivity contribution in [3.8, 4) is 5.75 Å². The average Bonchev–Trinajstić information content (AvgIpc) is 2.37. The minimum absolute atomic E-state index is 0.627. The first-order valence-electron chi connectivity index (χ1n) is 6.50. The fourth-order valence-electron chi connectivity index (χ4n) is 1.63. The Bertz CT molecular complexity index is 324. The van der Waals surface area contributed by atoms with Gasteiger partial charge in [-0.2, -0.15) is 11.8 Å². The van der Waals surface area contributed by atoms with Gasteiger partial charge in [0, 0.05) is 11.8 Å². The van der Waals surface area contributed by atoms with Gasteiger partial charge in [0.05, 0.1) is 6.61 Å². The Balaban J connectivity index is 2.35. The van der Waals surface area contributed by atoms with Crippen LogP contribution in [0.2, 0.25) is 0 Å². The van der Waals surface area contributed by atoms with Crippen LogP contribution in [0, 0.1) is 0 Å². The molecule has 2 nitrogen and oxygen atoms in total. The number of ether oxygens (including phenoxy) is 1. The summed E-state index contributed by atoms with van der Waals surface area (Å²) in [5.41, 5.74) is 1.39. The summed E-state index contributed by atoms with van der Waals surface area (Å²) in [6.07, 6.45) is 4.42. The molecule has 0 saturated heterocycles. The molecule has 0 amide bonds. The minimum atomic E-state index is 0.627. The van der Waals surface area contributed by atoms with Gasteiger partial charge in [-0.1, -0.05) is 12.1 Å². The van der Waals surface area contributed by atoms with Gasteiger partial charge < -0.3 is 9.64 Å². The van der Waals surface area contributed by atoms with E-state index in [-0.39, 0.29) is 0 Å². The molecule has 18 heavy (non-hydrogen) atoms. The van der Waals surface area contributed by atoms with Gasteiger partial charge in [0.2, 0.25) is 0 Å². The van der Waals surface area contributed by atoms with Crippen molar-refractivity contribution in [3.63, 3.8) is 0 Å². The molecule has 0 aliphatic heterocycles. The van der Waals surface area contributed by atoms with Crippen LogP contribution in [0.3, 0.4) is 0 Å². The van der Waals surface area contributed by atoms with Crippen molar-refractivity contribution in [2.45, 2.75) is 25.8 Å². The zero-order chi connectivity index (χ0) is 13.4. The molecule has 1 aromatic rings. The summed E-state index contributed by atoms with van der Waals surface area (Å²) >= 11 is 1.81. The second kappa shape index (κ2) is 8.44. The molecule has 102 valence electrons. The summed E-state index contributed by atoms with van der Waals surface area (Å²) in [6.45, 7) is 3.05. The molecule has 0 fully saturated rings. The number of thioether (sulfide) groups is 1. The van der Waals surface area contributed by atoms with Gasteiger partial charge in [-0.3, -0.25) is 0 Å². The van der Waals surface area contributed by atoms with Crippen molar-refractivity contribution in [2.24, 2.45) is 0 Å². The predicted octanol–water partition coefficient (Wildman–Crippen LogP) is 3.31. The summed E-state index contributed by atoms with van der Waals surface area (Å²) in [5, 5.41) is 0. The molecule has 1 rings (SSSR count). The predicted molar refractivity (Wildman–Crippen MR) is 81.8 cm³/mol. The molecule has 1 aromatic carbocycles. The molecule has 0 aromatic heterocycles. The Kier molecular flexibility index (Phi) is 7.21. The molecule has 1 unspecified atom stereocenters. The topological polar surface area (TPSA) is 12.5 Å². The fourth-order valence-corrected chi connectivity index (χ4v) is 1.88. The molecule has 0 N–H and O–H groups in total. The lowest BCUT2D eigenvalue weighted by atomic mass is 10.1. The van der Waals surface area contributed by atoms with Crippen LogP contribution in [0.4, 0.5) is 0 Å². The second-order valence-corrected chi connectivity index (χ2v) is 5.82. The third kappa shape index (κ3) is 5.78. The molecule has 0 saturated carbocycles. The molecule has 0 aliphatic carbocycles. The minimum Gasteiger partial charge on any atom is -0.493 e. The zero-order valence-corrected chi connectivity index (χ0v) is 12.8. The first-order valence-corrected chi connectivity index (χ1v) is 7.90. The quantitative estimate of drug-likeness (QED) is 0.671. The van der Waals surface area contributed by atoms with Gasteiger partial charge in [-0.15, -0.1) is 0 Å². The van der Waals surface area contributed by atoms with Gasteiger partial charge in [0.1, 0.15) is 5.75 Å². The lowest BCUT2D eigenvalue weighted by molar-refractivity contribution is 0.299. The number of hydrogen-bond acceptors (Lipinski definition) is 3. The SMILES string of the molecule is CSCCOc1ccc(CCC(C)N(C)C)cc1. The number of rotatable bonds is 8. The fraction of sp³-hybridized carbons (Fsp3) is 0.600. The van der Waals surface area contributed by atoms with Crippen LogP contribution in [0.5, 0.6) is 5.75 Å². The summed E-state index contributed by atoms with van der Waals surface area (Å²) in [7, 11) is 4.26. The molecule has 3 heteroatoms. The molecule has 0 spiro atoms. The average molecular weight is 267 g/mol. The van der Waals surface area contributed by atoms with Crippen LogP contribution in [0.25, 0.3) is 0 Å². The maximum absolute atomic E-state index is 5.64. The smallest absolute Gasteiger partial charge is 0.119 e. The van der Waals surface area contributed by atoms with E-state index in [1.807, 2.05) is 11.8 Å². The van der Waals surface area contributed by atoms with E-state index in [2.05, 4.69) is 56.4 Å². The normalized spacial score (nSPS) is 12.7. The Labute approximate surface area is 116 Å². The van der Waals surface area contributed by atoms with Crippen molar-refractivity contribution < 1.29 is 4.74 Å². The largest absolute Gasteiger partial charge is 0.493 e. The highest BCUT2D eigenvalue weighted by molar-refractivity contribution is 7.98. The Hall–Kier alpha value is -0.670. The van der Waals surface area contributed by atoms with E-state index >= 15 is 0 Å². The molecular weight excluding hydrogens is 242 g/mol. The Morgan fingerprint density at radius 2 is 1.89 bits per heavy atom. The maximum Gasteiger partial charge on any atom is 0.119 e. The van der Waals surface area contributed by atoms with Gasteiger partial charge in [0.25, 0.3) is 0 Å². The third-order valence-corrected chi connectivity index (χ3v) is 3.79. The molecule has 1 atom stereocenters. The van der Waals surface area contributed by atoms with E-state index in [9.17, 15) is 0 Å². The van der Waals surface area contributed by atoms with Crippen LogP contribution < -0.4 is 4.74 Å². The van der Waals surface area contributed by atoms with E-state index < -0.39 is 0 Å². The monoisotopic (exact) mass is 267 g/mol. The third-order valence-electron chi connectivity index (χ3n) is 3.21. The van der Waals surface area contributed by atoms with E-state index in [0.717, 1.165) is 24.5 Å². The van der Waals surface area contributed by atoms with Crippen molar-refractivity contribution in [1.82, 2.24) is 4.90 Å². The number of benzene rings is 1. The number of nitrogens with zero attached hydrogens (tertiary/aromatic N) is 1. The van der Waals surface area contributed by atoms with Crippen molar-refractivity contribution in [1.29, 1.82) is 0 Å². The van der Waals surface area contributed by atoms with E-state index in [1.54, 1.807) is 0 Å². The highest BCUT2D eigenvalue weighted by Crippen LogP contribution is 2.15. The second-order valence-electron chi connectivity index (χ2n) is 4.84. The zero-order valence-electron chi connectivity index (χ0n) is 12.0. The summed E-state index contributed by atoms with van der Waals surface area (Å²) < 4.78 is 5.64. The van der Waals surface area contributed by atoms with Crippen molar-refractivity contribution >= 4 is 11.8 Å². The van der Waals surface area contributed by atoms with Gasteiger partial charge in [-0.05, 0) is 57.8 Å². The molecule has 0 aliphatic rings. The van der Waals surface area contributed by atoms with Crippen LogP contribution in [0.15, 0.2) is 24.3 Å². The van der Waals surface area contributed by atoms with Crippen LogP contribution in [-0.4, -0.2) is 43.7 Å². The Morgan fingerprint density at radius 1 is 1.22 bits per heavy atom. The van der Waals surface area contributed by atoms with Crippen LogP contribution in [-0.2, 0) is 6.42 Å². The highest BCUT2D eigenvalue weighted by atomic mass is 32.2. The van der Waals surface area contributed by atoms with E-state index in [4.69, 9.17) is 4.74 Å². The molecule has 0 bridgehead atoms. The van der Waals surface area contributed by atoms with Gasteiger partial charge in [-0.25, -0.2) is 0 Å². The first kappa shape index (κ1) is 15.4. The van der Waals surface area contributed by atoms with Crippen molar-refractivity contribution in [2.75, 3.05) is 32.7 Å². The summed E-state index contributed by atoms with van der Waals surface area (Å²) in [4.78, 5) is 2.26. The van der Waals surface area contributed by atoms with Crippen LogP contribution >= 0.6 is 11.8 Å². The van der Waals surface area contributed by atoms with Gasteiger partial charge in [0.15, 0.2) is 0 Å². The lowest BCUT2D eigenvalue weighted by Crippen LogP contribution is -2.24. The molecular formula is C15H25NOS. The number of aryl methyl sites for hydroxylation is 1. The van der Waals surface area contributed by atoms with Crippen LogP contribution in [0.1, 0.15) is 18.9 Å². The lowest BCUT2D eigenvalue weighted by Gasteiger charge is -2.19. The van der Waals surface area contributed by atoms with E-state index in [0.29, 0.717) is 6.04 Å². The van der Waals surface area contributed by atoms with Crippen molar-refractivity contribution in [3.05, 3.63) is 29.8 Å². The molecule has 0 radical (unpaired) electrons. The standard InChI is InChI=1S/C15H25NOS/c1-13(16(2)3)5-6-14-7-9-15(10-8-14)17-11-12-18-4/h7-10,13H,5-6,11-12H2,1-4H3. The summed E-state index contributed by atoms with van der Waals surface area (Å²) in [6, 6.07) is 9.14. The number of hydrogen-bond donors (Lipinski definition) is 0.